The summed E-state index contributed by atoms with van der Waals surface area (Å²) in [5, 5.41) is 10.6. The highest BCUT2D eigenvalue weighted by atomic mass is 31.2. The molecule has 19 heteroatoms. The lowest BCUT2D eigenvalue weighted by atomic mass is 9.99. The van der Waals surface area contributed by atoms with Gasteiger partial charge in [0.25, 0.3) is 0 Å². The fraction of sp³-hybridized carbons (Fsp3) is 0.946. The van der Waals surface area contributed by atoms with Gasteiger partial charge in [0.15, 0.2) is 12.2 Å². The van der Waals surface area contributed by atoms with Crippen LogP contribution in [0.1, 0.15) is 382 Å². The van der Waals surface area contributed by atoms with E-state index >= 15 is 0 Å². The summed E-state index contributed by atoms with van der Waals surface area (Å²) in [6.45, 7) is 9.59. The minimum absolute atomic E-state index is 0.107. The Morgan fingerprint density at radius 3 is 0.817 bits per heavy atom. The zero-order valence-corrected chi connectivity index (χ0v) is 62.3. The first-order chi connectivity index (χ1) is 44.9. The molecule has 6 atom stereocenters. The Morgan fingerprint density at radius 2 is 0.548 bits per heavy atom. The Labute approximate surface area is 568 Å². The Balaban J connectivity index is 5.17. The van der Waals surface area contributed by atoms with Gasteiger partial charge in [-0.05, 0) is 37.5 Å². The van der Waals surface area contributed by atoms with Crippen molar-refractivity contribution < 1.29 is 80.2 Å². The van der Waals surface area contributed by atoms with E-state index in [2.05, 4.69) is 41.5 Å². The van der Waals surface area contributed by atoms with Crippen LogP contribution >= 0.6 is 15.6 Å². The second-order valence-corrected chi connectivity index (χ2v) is 30.3. The quantitative estimate of drug-likeness (QED) is 0.0222. The van der Waals surface area contributed by atoms with Crippen molar-refractivity contribution in [3.05, 3.63) is 0 Å². The first-order valence-corrected chi connectivity index (χ1v) is 41.5. The maximum Gasteiger partial charge on any atom is 0.472 e. The fourth-order valence-corrected chi connectivity index (χ4v) is 12.8. The zero-order chi connectivity index (χ0) is 68.6. The van der Waals surface area contributed by atoms with E-state index in [1.54, 1.807) is 0 Å². The minimum atomic E-state index is -4.95. The van der Waals surface area contributed by atoms with Crippen LogP contribution in [-0.2, 0) is 65.4 Å². The van der Waals surface area contributed by atoms with Gasteiger partial charge in [-0.1, -0.05) is 330 Å². The van der Waals surface area contributed by atoms with E-state index < -0.39 is 97.5 Å². The molecule has 0 aromatic heterocycles. The fourth-order valence-electron chi connectivity index (χ4n) is 11.3. The highest BCUT2D eigenvalue weighted by Crippen LogP contribution is 2.45. The number of ether oxygens (including phenoxy) is 4. The Bertz CT molecular complexity index is 1810. The summed E-state index contributed by atoms with van der Waals surface area (Å²) < 4.78 is 68.3. The summed E-state index contributed by atoms with van der Waals surface area (Å²) >= 11 is 0. The molecule has 0 aromatic carbocycles. The highest BCUT2D eigenvalue weighted by molar-refractivity contribution is 7.47. The van der Waals surface area contributed by atoms with E-state index in [4.69, 9.17) is 37.0 Å². The molecular weight excluding hydrogens is 1220 g/mol. The number of hydrogen-bond donors (Lipinski definition) is 3. The van der Waals surface area contributed by atoms with E-state index in [-0.39, 0.29) is 25.7 Å². The molecule has 17 nitrogen and oxygen atoms in total. The first kappa shape index (κ1) is 91.1. The van der Waals surface area contributed by atoms with Crippen molar-refractivity contribution in [3.63, 3.8) is 0 Å². The number of carbonyl (C=O) groups is 4. The summed E-state index contributed by atoms with van der Waals surface area (Å²) in [7, 11) is -9.90. The van der Waals surface area contributed by atoms with Crippen LogP contribution in [0.4, 0.5) is 0 Å². The van der Waals surface area contributed by atoms with E-state index in [1.165, 1.54) is 193 Å². The predicted octanol–water partition coefficient (Wildman–Crippen LogP) is 21.6. The Morgan fingerprint density at radius 1 is 0.312 bits per heavy atom. The number of phosphoric acid groups is 2. The first-order valence-electron chi connectivity index (χ1n) is 38.5. The summed E-state index contributed by atoms with van der Waals surface area (Å²) in [4.78, 5) is 72.6. The van der Waals surface area contributed by atoms with Gasteiger partial charge in [-0.15, -0.1) is 0 Å². The van der Waals surface area contributed by atoms with Crippen molar-refractivity contribution in [3.8, 4) is 0 Å². The van der Waals surface area contributed by atoms with Crippen LogP contribution in [-0.4, -0.2) is 96.7 Å². The molecule has 0 heterocycles. The van der Waals surface area contributed by atoms with Crippen molar-refractivity contribution in [2.45, 2.75) is 400 Å². The van der Waals surface area contributed by atoms with Crippen molar-refractivity contribution >= 4 is 39.5 Å². The maximum atomic E-state index is 13.1. The maximum absolute atomic E-state index is 13.1. The molecule has 3 unspecified atom stereocenters. The number of esters is 4. The molecule has 0 saturated heterocycles. The van der Waals surface area contributed by atoms with Crippen molar-refractivity contribution in [1.29, 1.82) is 0 Å². The topological polar surface area (TPSA) is 237 Å². The van der Waals surface area contributed by atoms with Gasteiger partial charge < -0.3 is 33.8 Å². The third-order valence-corrected chi connectivity index (χ3v) is 19.5. The molecule has 0 aliphatic carbocycles. The van der Waals surface area contributed by atoms with Crippen LogP contribution in [0.2, 0.25) is 0 Å². The molecule has 0 amide bonds. The molecule has 93 heavy (non-hydrogen) atoms. The van der Waals surface area contributed by atoms with Crippen molar-refractivity contribution in [2.24, 2.45) is 11.8 Å². The smallest absolute Gasteiger partial charge is 0.462 e. The molecule has 0 saturated carbocycles. The van der Waals surface area contributed by atoms with Gasteiger partial charge in [-0.25, -0.2) is 9.13 Å². The van der Waals surface area contributed by atoms with Gasteiger partial charge in [0.05, 0.1) is 26.4 Å². The van der Waals surface area contributed by atoms with E-state index in [1.807, 2.05) is 0 Å². The van der Waals surface area contributed by atoms with E-state index in [9.17, 15) is 43.2 Å². The van der Waals surface area contributed by atoms with Gasteiger partial charge >= 0.3 is 39.5 Å². The van der Waals surface area contributed by atoms with Crippen molar-refractivity contribution in [1.82, 2.24) is 0 Å². The van der Waals surface area contributed by atoms with E-state index in [0.717, 1.165) is 108 Å². The second-order valence-electron chi connectivity index (χ2n) is 27.4. The standard InChI is InChI=1S/C74H144O17P2/c1-7-10-12-14-16-18-19-29-32-40-46-52-58-73(78)90-69(62-84-71(76)56-50-44-38-17-15-13-11-8-2)64-88-92(80,81)86-60-68(75)61-87-93(82,83)89-65-70(63-85-72(77)57-51-45-39-35-34-37-43-49-55-67(6)9-3)91-74(79)59-53-47-41-33-30-27-25-23-21-20-22-24-26-28-31-36-42-48-54-66(4)5/h66-70,75H,7-65H2,1-6H3,(H,80,81)(H,82,83)/t67?,68-,69+,70+/m0/s1. The number of hydrogen-bond acceptors (Lipinski definition) is 15. The molecular formula is C74H144O17P2. The van der Waals surface area contributed by atoms with Gasteiger partial charge in [-0.2, -0.15) is 0 Å². The number of aliphatic hydroxyl groups excluding tert-OH is 1. The zero-order valence-electron chi connectivity index (χ0n) is 60.6. The van der Waals surface area contributed by atoms with Crippen LogP contribution in [0.5, 0.6) is 0 Å². The number of carbonyl (C=O) groups excluding carboxylic acids is 4. The van der Waals surface area contributed by atoms with Gasteiger partial charge in [-0.3, -0.25) is 37.3 Å². The second kappa shape index (κ2) is 66.0. The summed E-state index contributed by atoms with van der Waals surface area (Å²) in [6.07, 6.45) is 52.8. The Kier molecular flexibility index (Phi) is 64.6. The van der Waals surface area contributed by atoms with Crippen LogP contribution in [0.3, 0.4) is 0 Å². The average Bonchev–Trinajstić information content (AvgIpc) is 2.70. The molecule has 0 bridgehead atoms. The summed E-state index contributed by atoms with van der Waals surface area (Å²) in [5.41, 5.74) is 0. The lowest BCUT2D eigenvalue weighted by Gasteiger charge is -2.21. The molecule has 0 rings (SSSR count). The average molecular weight is 1370 g/mol. The third-order valence-electron chi connectivity index (χ3n) is 17.6. The molecule has 0 radical (unpaired) electrons. The molecule has 552 valence electrons. The molecule has 0 spiro atoms. The van der Waals surface area contributed by atoms with Crippen LogP contribution in [0.15, 0.2) is 0 Å². The van der Waals surface area contributed by atoms with Gasteiger partial charge in [0.2, 0.25) is 0 Å². The summed E-state index contributed by atoms with van der Waals surface area (Å²) in [5.74, 6) is -0.523. The molecule has 0 fully saturated rings. The lowest BCUT2D eigenvalue weighted by molar-refractivity contribution is -0.161. The lowest BCUT2D eigenvalue weighted by Crippen LogP contribution is -2.30. The molecule has 3 N–H and O–H groups in total. The third kappa shape index (κ3) is 67.0. The van der Waals surface area contributed by atoms with Crippen LogP contribution in [0.25, 0.3) is 0 Å². The SMILES string of the molecule is CCCCCCCCCCCCCCC(=O)O[C@H](COC(=O)CCCCCCCCCC)COP(=O)(O)OC[C@H](O)COP(=O)(O)OC[C@@H](COC(=O)CCCCCCCCCCC(C)CC)OC(=O)CCCCCCCCCCCCCCCCCCCCC(C)C. The molecule has 0 aliphatic heterocycles. The number of unbranched alkanes of at least 4 members (excludes halogenated alkanes) is 42. The monoisotopic (exact) mass is 1370 g/mol. The number of phosphoric ester groups is 2. The van der Waals surface area contributed by atoms with Gasteiger partial charge in [0.1, 0.15) is 19.3 Å². The van der Waals surface area contributed by atoms with Crippen LogP contribution < -0.4 is 0 Å². The van der Waals surface area contributed by atoms with Crippen LogP contribution in [0, 0.1) is 11.8 Å². The largest absolute Gasteiger partial charge is 0.472 e. The highest BCUT2D eigenvalue weighted by Gasteiger charge is 2.30. The summed E-state index contributed by atoms with van der Waals surface area (Å²) in [6, 6.07) is 0. The molecule has 0 aliphatic rings. The molecule has 0 aromatic rings. The minimum Gasteiger partial charge on any atom is -0.462 e. The van der Waals surface area contributed by atoms with E-state index in [0.29, 0.717) is 25.7 Å². The number of aliphatic hydroxyl groups is 1. The van der Waals surface area contributed by atoms with Crippen molar-refractivity contribution in [2.75, 3.05) is 39.6 Å². The predicted molar refractivity (Wildman–Crippen MR) is 377 cm³/mol. The Hall–Kier alpha value is -1.94. The number of rotatable bonds is 73. The normalized spacial score (nSPS) is 14.3. The van der Waals surface area contributed by atoms with Gasteiger partial charge in [0, 0.05) is 25.7 Å².